The van der Waals surface area contributed by atoms with Gasteiger partial charge in [0.15, 0.2) is 0 Å². The van der Waals surface area contributed by atoms with Crippen molar-refractivity contribution in [3.05, 3.63) is 0 Å². The Morgan fingerprint density at radius 2 is 2.00 bits per heavy atom. The van der Waals surface area contributed by atoms with Crippen molar-refractivity contribution < 1.29 is 5.11 Å². The van der Waals surface area contributed by atoms with E-state index in [4.69, 9.17) is 0 Å². The van der Waals surface area contributed by atoms with Crippen molar-refractivity contribution in [2.45, 2.75) is 52.1 Å². The summed E-state index contributed by atoms with van der Waals surface area (Å²) in [6.07, 6.45) is 6.64. The molecule has 2 unspecified atom stereocenters. The van der Waals surface area contributed by atoms with E-state index in [1.54, 1.807) is 0 Å². The molecular weight excluding hydrogens is 172 g/mol. The van der Waals surface area contributed by atoms with E-state index in [2.05, 4.69) is 13.8 Å². The third kappa shape index (κ3) is 0.493. The molecule has 0 aromatic heterocycles. The molecule has 5 aliphatic rings. The molecule has 0 aromatic rings. The Labute approximate surface area is 85.9 Å². The predicted octanol–water partition coefficient (Wildman–Crippen LogP) is 2.58. The number of aliphatic hydroxyl groups excluding tert-OH is 1. The minimum atomic E-state index is 0.0491. The molecule has 0 aromatic carbocycles. The highest BCUT2D eigenvalue weighted by Crippen LogP contribution is 2.95. The molecule has 14 heavy (non-hydrogen) atoms. The average molecular weight is 192 g/mol. The first-order valence-corrected chi connectivity index (χ1v) is 6.24. The SMILES string of the molecule is CC1(C)C2C34C[C@H]1C[C@]23CCC[C@H]4O. The summed E-state index contributed by atoms with van der Waals surface area (Å²) >= 11 is 0. The highest BCUT2D eigenvalue weighted by atomic mass is 16.3. The summed E-state index contributed by atoms with van der Waals surface area (Å²) in [4.78, 5) is 0. The zero-order chi connectivity index (χ0) is 9.77. The molecule has 5 fully saturated rings. The Balaban J connectivity index is 1.89. The second-order valence-electron chi connectivity index (χ2n) is 6.96. The zero-order valence-corrected chi connectivity index (χ0v) is 9.21. The van der Waals surface area contributed by atoms with E-state index < -0.39 is 0 Å². The smallest absolute Gasteiger partial charge is 0.0605 e. The van der Waals surface area contributed by atoms with Gasteiger partial charge in [-0.2, -0.15) is 0 Å². The number of hydrogen-bond donors (Lipinski definition) is 1. The van der Waals surface area contributed by atoms with Crippen LogP contribution >= 0.6 is 0 Å². The van der Waals surface area contributed by atoms with E-state index in [1.807, 2.05) is 0 Å². The van der Waals surface area contributed by atoms with Gasteiger partial charge in [0.1, 0.15) is 0 Å². The number of hydrogen-bond acceptors (Lipinski definition) is 1. The molecule has 0 saturated heterocycles. The zero-order valence-electron chi connectivity index (χ0n) is 9.21. The Kier molecular flexibility index (Phi) is 1.06. The van der Waals surface area contributed by atoms with Gasteiger partial charge in [0.2, 0.25) is 0 Å². The maximum Gasteiger partial charge on any atom is 0.0605 e. The fraction of sp³-hybridized carbons (Fsp3) is 1.00. The number of aliphatic hydroxyl groups is 1. The fourth-order valence-electron chi connectivity index (χ4n) is 6.39. The van der Waals surface area contributed by atoms with E-state index in [9.17, 15) is 5.11 Å². The van der Waals surface area contributed by atoms with Crippen LogP contribution in [0.5, 0.6) is 0 Å². The second-order valence-corrected chi connectivity index (χ2v) is 6.96. The van der Waals surface area contributed by atoms with Crippen LogP contribution in [0, 0.1) is 28.1 Å². The fourth-order valence-corrected chi connectivity index (χ4v) is 6.39. The monoisotopic (exact) mass is 192 g/mol. The average Bonchev–Trinajstić information content (AvgIpc) is 2.32. The molecular formula is C13H20O. The molecule has 1 heteroatoms. The molecule has 5 atom stereocenters. The van der Waals surface area contributed by atoms with Gasteiger partial charge in [-0.25, -0.2) is 0 Å². The van der Waals surface area contributed by atoms with E-state index in [0.717, 1.165) is 18.3 Å². The third-order valence-corrected chi connectivity index (χ3v) is 6.60. The van der Waals surface area contributed by atoms with Crippen molar-refractivity contribution in [3.63, 3.8) is 0 Å². The Morgan fingerprint density at radius 1 is 1.21 bits per heavy atom. The standard InChI is InChI=1S/C13H20O/c1-11(2)8-6-12-5-3-4-9(14)13(12,7-8)10(11)12/h8-10,14H,3-7H2,1-2H3/t8-,9-,10?,12-,13?/m1/s1. The molecule has 0 amide bonds. The lowest BCUT2D eigenvalue weighted by atomic mass is 9.80. The Morgan fingerprint density at radius 3 is 2.64 bits per heavy atom. The van der Waals surface area contributed by atoms with Crippen molar-refractivity contribution >= 4 is 0 Å². The van der Waals surface area contributed by atoms with Gasteiger partial charge in [-0.3, -0.25) is 0 Å². The van der Waals surface area contributed by atoms with Gasteiger partial charge >= 0.3 is 0 Å². The lowest BCUT2D eigenvalue weighted by molar-refractivity contribution is 0.0399. The molecule has 0 heterocycles. The van der Waals surface area contributed by atoms with Crippen LogP contribution in [0.15, 0.2) is 0 Å². The van der Waals surface area contributed by atoms with Crippen LogP contribution in [0.2, 0.25) is 0 Å². The van der Waals surface area contributed by atoms with Crippen molar-refractivity contribution in [1.82, 2.24) is 0 Å². The van der Waals surface area contributed by atoms with Crippen molar-refractivity contribution in [1.29, 1.82) is 0 Å². The molecule has 5 saturated carbocycles. The molecule has 2 spiro atoms. The van der Waals surface area contributed by atoms with Gasteiger partial charge in [0.25, 0.3) is 0 Å². The summed E-state index contributed by atoms with van der Waals surface area (Å²) in [5, 5.41) is 10.3. The number of rotatable bonds is 0. The van der Waals surface area contributed by atoms with Crippen LogP contribution in [-0.4, -0.2) is 11.2 Å². The van der Waals surface area contributed by atoms with E-state index in [1.165, 1.54) is 25.7 Å². The predicted molar refractivity (Wildman–Crippen MR) is 54.7 cm³/mol. The summed E-state index contributed by atoms with van der Waals surface area (Å²) in [5.41, 5.74) is 1.59. The normalized spacial score (nSPS) is 66.6. The Bertz CT molecular complexity index is 321. The molecule has 0 aliphatic heterocycles. The van der Waals surface area contributed by atoms with Gasteiger partial charge in [0, 0.05) is 5.41 Å². The van der Waals surface area contributed by atoms with Crippen LogP contribution in [-0.2, 0) is 0 Å². The first-order chi connectivity index (χ1) is 6.56. The van der Waals surface area contributed by atoms with Gasteiger partial charge in [-0.05, 0) is 48.3 Å². The minimum Gasteiger partial charge on any atom is -0.393 e. The van der Waals surface area contributed by atoms with Crippen molar-refractivity contribution in [3.8, 4) is 0 Å². The van der Waals surface area contributed by atoms with E-state index in [0.29, 0.717) is 16.2 Å². The lowest BCUT2D eigenvalue weighted by Gasteiger charge is -2.29. The quantitative estimate of drug-likeness (QED) is 0.625. The lowest BCUT2D eigenvalue weighted by Crippen LogP contribution is -2.29. The maximum absolute atomic E-state index is 10.3. The summed E-state index contributed by atoms with van der Waals surface area (Å²) in [6, 6.07) is 0. The minimum absolute atomic E-state index is 0.0491. The summed E-state index contributed by atoms with van der Waals surface area (Å²) in [5.74, 6) is 1.81. The second kappa shape index (κ2) is 1.81. The van der Waals surface area contributed by atoms with E-state index >= 15 is 0 Å². The van der Waals surface area contributed by atoms with Crippen LogP contribution < -0.4 is 0 Å². The molecule has 78 valence electrons. The maximum atomic E-state index is 10.3. The van der Waals surface area contributed by atoms with E-state index in [-0.39, 0.29) is 6.10 Å². The van der Waals surface area contributed by atoms with Gasteiger partial charge in [-0.1, -0.05) is 20.3 Å². The topological polar surface area (TPSA) is 20.2 Å². The molecule has 1 N–H and O–H groups in total. The van der Waals surface area contributed by atoms with Crippen molar-refractivity contribution in [2.24, 2.45) is 28.1 Å². The van der Waals surface area contributed by atoms with Crippen LogP contribution in [0.3, 0.4) is 0 Å². The highest BCUT2D eigenvalue weighted by Gasteiger charge is 2.91. The summed E-state index contributed by atoms with van der Waals surface area (Å²) in [6.45, 7) is 4.91. The Hall–Kier alpha value is -0.0400. The summed E-state index contributed by atoms with van der Waals surface area (Å²) < 4.78 is 0. The highest BCUT2D eigenvalue weighted by molar-refractivity contribution is 5.39. The summed E-state index contributed by atoms with van der Waals surface area (Å²) in [7, 11) is 0. The first kappa shape index (κ1) is 8.15. The van der Waals surface area contributed by atoms with Gasteiger partial charge < -0.3 is 5.11 Å². The van der Waals surface area contributed by atoms with Gasteiger partial charge in [-0.15, -0.1) is 0 Å². The third-order valence-electron chi connectivity index (χ3n) is 6.60. The molecule has 5 rings (SSSR count). The van der Waals surface area contributed by atoms with Crippen molar-refractivity contribution in [2.75, 3.05) is 0 Å². The van der Waals surface area contributed by atoms with Gasteiger partial charge in [0.05, 0.1) is 6.10 Å². The molecule has 4 bridgehead atoms. The molecule has 1 nitrogen and oxygen atoms in total. The first-order valence-electron chi connectivity index (χ1n) is 6.24. The van der Waals surface area contributed by atoms with Crippen LogP contribution in [0.4, 0.5) is 0 Å². The largest absolute Gasteiger partial charge is 0.393 e. The van der Waals surface area contributed by atoms with Crippen LogP contribution in [0.25, 0.3) is 0 Å². The molecule has 0 radical (unpaired) electrons. The molecule has 5 aliphatic carbocycles. The van der Waals surface area contributed by atoms with Crippen LogP contribution in [0.1, 0.15) is 46.0 Å².